The Kier molecular flexibility index (Phi) is 7.53. The SMILES string of the molecule is COC(=O)C[C@H](CN1CC2(CCC(Oc3ccc4c(n3)NCCC4)CC2)C1)c1cccc(-n2nc(C)cc2C)c1. The molecule has 1 saturated carbocycles. The summed E-state index contributed by atoms with van der Waals surface area (Å²) in [5.41, 5.74) is 5.94. The molecule has 0 amide bonds. The van der Waals surface area contributed by atoms with Gasteiger partial charge in [-0.3, -0.25) is 4.79 Å². The summed E-state index contributed by atoms with van der Waals surface area (Å²) in [5.74, 6) is 1.65. The van der Waals surface area contributed by atoms with Gasteiger partial charge in [0.25, 0.3) is 0 Å². The van der Waals surface area contributed by atoms with Crippen molar-refractivity contribution in [2.75, 3.05) is 38.6 Å². The van der Waals surface area contributed by atoms with Gasteiger partial charge < -0.3 is 19.7 Å². The lowest BCUT2D eigenvalue weighted by molar-refractivity contribution is -0.141. The van der Waals surface area contributed by atoms with E-state index in [9.17, 15) is 4.79 Å². The van der Waals surface area contributed by atoms with E-state index in [0.717, 1.165) is 86.2 Å². The molecule has 212 valence electrons. The number of anilines is 1. The number of likely N-dealkylation sites (tertiary alicyclic amines) is 1. The molecule has 1 aromatic carbocycles. The number of nitrogens with zero attached hydrogens (tertiary/aromatic N) is 4. The molecule has 1 spiro atoms. The average Bonchev–Trinajstić information content (AvgIpc) is 3.30. The molecule has 3 aromatic rings. The first-order valence-electron chi connectivity index (χ1n) is 14.7. The lowest BCUT2D eigenvalue weighted by atomic mass is 9.67. The molecule has 2 aliphatic heterocycles. The number of nitrogens with one attached hydrogen (secondary N) is 1. The normalized spacial score (nSPS) is 19.4. The predicted octanol–water partition coefficient (Wildman–Crippen LogP) is 5.21. The smallest absolute Gasteiger partial charge is 0.306 e. The number of aromatic nitrogens is 3. The second kappa shape index (κ2) is 11.2. The van der Waals surface area contributed by atoms with Crippen LogP contribution in [0.5, 0.6) is 5.88 Å². The summed E-state index contributed by atoms with van der Waals surface area (Å²) in [6.45, 7) is 8.07. The molecule has 1 N–H and O–H groups in total. The molecule has 1 atom stereocenters. The highest BCUT2D eigenvalue weighted by molar-refractivity contribution is 5.70. The minimum Gasteiger partial charge on any atom is -0.474 e. The Bertz CT molecular complexity index is 1350. The number of ether oxygens (including phenoxy) is 2. The summed E-state index contributed by atoms with van der Waals surface area (Å²) in [6.07, 6.45) is 7.34. The van der Waals surface area contributed by atoms with Crippen molar-refractivity contribution in [2.24, 2.45) is 5.41 Å². The van der Waals surface area contributed by atoms with Crippen LogP contribution < -0.4 is 10.1 Å². The third-order valence-electron chi connectivity index (χ3n) is 8.98. The molecule has 1 aliphatic carbocycles. The fraction of sp³-hybridized carbons (Fsp3) is 0.531. The second-order valence-corrected chi connectivity index (χ2v) is 12.1. The maximum absolute atomic E-state index is 12.4. The number of hydrogen-bond acceptors (Lipinski definition) is 7. The van der Waals surface area contributed by atoms with Crippen molar-refractivity contribution < 1.29 is 14.3 Å². The van der Waals surface area contributed by atoms with E-state index in [1.807, 2.05) is 17.7 Å². The van der Waals surface area contributed by atoms with Crippen LogP contribution in [0.2, 0.25) is 0 Å². The number of rotatable bonds is 8. The Morgan fingerprint density at radius 2 is 1.98 bits per heavy atom. The predicted molar refractivity (Wildman–Crippen MR) is 155 cm³/mol. The fourth-order valence-corrected chi connectivity index (χ4v) is 6.90. The zero-order chi connectivity index (χ0) is 27.7. The zero-order valence-corrected chi connectivity index (χ0v) is 24.0. The molecule has 8 nitrogen and oxygen atoms in total. The highest BCUT2D eigenvalue weighted by Gasteiger charge is 2.46. The molecule has 0 radical (unpaired) electrons. The minimum atomic E-state index is -0.166. The van der Waals surface area contributed by atoms with E-state index in [4.69, 9.17) is 14.5 Å². The fourth-order valence-electron chi connectivity index (χ4n) is 6.90. The van der Waals surface area contributed by atoms with Gasteiger partial charge in [-0.05, 0) is 93.2 Å². The van der Waals surface area contributed by atoms with Gasteiger partial charge in [-0.15, -0.1) is 0 Å². The van der Waals surface area contributed by atoms with Crippen molar-refractivity contribution >= 4 is 11.8 Å². The third-order valence-corrected chi connectivity index (χ3v) is 8.98. The second-order valence-electron chi connectivity index (χ2n) is 12.1. The molecule has 0 unspecified atom stereocenters. The van der Waals surface area contributed by atoms with Gasteiger partial charge in [0.05, 0.1) is 24.9 Å². The molecule has 8 heteroatoms. The van der Waals surface area contributed by atoms with Crippen molar-refractivity contribution in [3.05, 3.63) is 65.0 Å². The molecule has 4 heterocycles. The van der Waals surface area contributed by atoms with Crippen LogP contribution in [0.25, 0.3) is 5.69 Å². The number of aryl methyl sites for hydroxylation is 3. The first kappa shape index (κ1) is 26.8. The van der Waals surface area contributed by atoms with Crippen LogP contribution >= 0.6 is 0 Å². The molecule has 3 aliphatic rings. The summed E-state index contributed by atoms with van der Waals surface area (Å²) in [6, 6.07) is 14.7. The number of pyridine rings is 1. The summed E-state index contributed by atoms with van der Waals surface area (Å²) >= 11 is 0. The molecule has 2 fully saturated rings. The Morgan fingerprint density at radius 3 is 2.73 bits per heavy atom. The van der Waals surface area contributed by atoms with Crippen LogP contribution in [-0.2, 0) is 16.0 Å². The van der Waals surface area contributed by atoms with Gasteiger partial charge in [0, 0.05) is 43.9 Å². The highest BCUT2D eigenvalue weighted by Crippen LogP contribution is 2.45. The van der Waals surface area contributed by atoms with Crippen molar-refractivity contribution in [1.82, 2.24) is 19.7 Å². The maximum atomic E-state index is 12.4. The standard InChI is InChI=1S/C32H41N5O3/c1-22-16-23(2)37(35-22)27-8-4-6-25(17-27)26(18-30(38)39-3)19-36-20-32(21-36)13-11-28(12-14-32)40-29-10-9-24-7-5-15-33-31(24)34-29/h4,6,8-10,16-17,26,28H,5,7,11-15,18-21H2,1-3H3,(H,33,34)/t26-/m1/s1. The van der Waals surface area contributed by atoms with Gasteiger partial charge in [-0.1, -0.05) is 12.1 Å². The van der Waals surface area contributed by atoms with Gasteiger partial charge >= 0.3 is 5.97 Å². The summed E-state index contributed by atoms with van der Waals surface area (Å²) < 4.78 is 13.4. The van der Waals surface area contributed by atoms with Gasteiger partial charge in [-0.25, -0.2) is 4.68 Å². The van der Waals surface area contributed by atoms with E-state index < -0.39 is 0 Å². The van der Waals surface area contributed by atoms with E-state index in [0.29, 0.717) is 11.8 Å². The third kappa shape index (κ3) is 5.73. The van der Waals surface area contributed by atoms with E-state index in [1.165, 1.54) is 25.5 Å². The average molecular weight is 544 g/mol. The number of methoxy groups -OCH3 is 1. The lowest BCUT2D eigenvalue weighted by Crippen LogP contribution is -2.58. The number of benzene rings is 1. The van der Waals surface area contributed by atoms with Gasteiger partial charge in [0.2, 0.25) is 5.88 Å². The minimum absolute atomic E-state index is 0.0741. The van der Waals surface area contributed by atoms with E-state index in [2.05, 4.69) is 58.6 Å². The highest BCUT2D eigenvalue weighted by atomic mass is 16.5. The lowest BCUT2D eigenvalue weighted by Gasteiger charge is -2.54. The van der Waals surface area contributed by atoms with Crippen molar-refractivity contribution in [3.8, 4) is 11.6 Å². The zero-order valence-electron chi connectivity index (χ0n) is 24.0. The largest absolute Gasteiger partial charge is 0.474 e. The maximum Gasteiger partial charge on any atom is 0.306 e. The van der Waals surface area contributed by atoms with Crippen LogP contribution in [-0.4, -0.2) is 65.0 Å². The molecular formula is C32H41N5O3. The van der Waals surface area contributed by atoms with Gasteiger partial charge in [0.1, 0.15) is 11.9 Å². The molecular weight excluding hydrogens is 502 g/mol. The van der Waals surface area contributed by atoms with Crippen LogP contribution in [0, 0.1) is 19.3 Å². The number of carbonyl (C=O) groups excluding carboxylic acids is 1. The van der Waals surface area contributed by atoms with E-state index >= 15 is 0 Å². The molecule has 1 saturated heterocycles. The summed E-state index contributed by atoms with van der Waals surface area (Å²) in [7, 11) is 1.47. The molecule has 40 heavy (non-hydrogen) atoms. The number of hydrogen-bond donors (Lipinski definition) is 1. The van der Waals surface area contributed by atoms with Crippen LogP contribution in [0.15, 0.2) is 42.5 Å². The van der Waals surface area contributed by atoms with Crippen LogP contribution in [0.1, 0.15) is 67.0 Å². The van der Waals surface area contributed by atoms with Gasteiger partial charge in [0.15, 0.2) is 0 Å². The monoisotopic (exact) mass is 543 g/mol. The van der Waals surface area contributed by atoms with E-state index in [-0.39, 0.29) is 18.0 Å². The number of esters is 1. The first-order valence-corrected chi connectivity index (χ1v) is 14.7. The summed E-state index contributed by atoms with van der Waals surface area (Å²) in [4.78, 5) is 19.6. The quantitative estimate of drug-likeness (QED) is 0.391. The van der Waals surface area contributed by atoms with Crippen LogP contribution in [0.3, 0.4) is 0 Å². The molecule has 2 aromatic heterocycles. The first-order chi connectivity index (χ1) is 19.4. The van der Waals surface area contributed by atoms with Crippen molar-refractivity contribution in [3.63, 3.8) is 0 Å². The van der Waals surface area contributed by atoms with Crippen LogP contribution in [0.4, 0.5) is 5.82 Å². The van der Waals surface area contributed by atoms with Crippen molar-refractivity contribution in [1.29, 1.82) is 0 Å². The topological polar surface area (TPSA) is 81.5 Å². The number of carbonyl (C=O) groups is 1. The van der Waals surface area contributed by atoms with Gasteiger partial charge in [-0.2, -0.15) is 10.1 Å². The number of fused-ring (bicyclic) bond motifs is 1. The Balaban J connectivity index is 1.06. The molecule has 6 rings (SSSR count). The Morgan fingerprint density at radius 1 is 1.15 bits per heavy atom. The van der Waals surface area contributed by atoms with E-state index in [1.54, 1.807) is 0 Å². The Hall–Kier alpha value is -3.39. The molecule has 0 bridgehead atoms. The Labute approximate surface area is 237 Å². The van der Waals surface area contributed by atoms with Crippen molar-refractivity contribution in [2.45, 2.75) is 70.8 Å². The summed E-state index contributed by atoms with van der Waals surface area (Å²) in [5, 5.41) is 8.06.